The molecule has 2 aromatic carbocycles. The Hall–Kier alpha value is -1.35. The molecule has 0 aliphatic rings. The molecule has 0 N–H and O–H groups in total. The van der Waals surface area contributed by atoms with Crippen LogP contribution in [-0.2, 0) is 0 Å². The van der Waals surface area contributed by atoms with Gasteiger partial charge in [0.05, 0.1) is 4.90 Å². The second-order valence-electron chi connectivity index (χ2n) is 3.31. The third-order valence-electron chi connectivity index (χ3n) is 2.34. The molecule has 0 spiro atoms. The molecule has 16 heavy (non-hydrogen) atoms. The minimum Gasteiger partial charge on any atom is -0.206 e. The van der Waals surface area contributed by atoms with Crippen LogP contribution in [0.25, 0.3) is 11.1 Å². The van der Waals surface area contributed by atoms with Crippen LogP contribution < -0.4 is 0 Å². The van der Waals surface area contributed by atoms with Gasteiger partial charge in [0.15, 0.2) is 0 Å². The van der Waals surface area contributed by atoms with Crippen LogP contribution in [0.2, 0.25) is 0 Å². The molecule has 0 aromatic heterocycles. The average molecular weight is 236 g/mol. The molecule has 0 radical (unpaired) electrons. The zero-order chi connectivity index (χ0) is 11.5. The summed E-state index contributed by atoms with van der Waals surface area (Å²) < 4.78 is 27.2. The van der Waals surface area contributed by atoms with E-state index >= 15 is 0 Å². The molecule has 0 fully saturated rings. The Morgan fingerprint density at radius 3 is 2.25 bits per heavy atom. The molecule has 0 heterocycles. The first-order chi connectivity index (χ1) is 7.74. The Labute approximate surface area is 97.3 Å². The number of benzene rings is 2. The second kappa shape index (κ2) is 4.66. The fraction of sp³-hybridized carbons (Fsp3) is 0.0769. The van der Waals surface area contributed by atoms with Gasteiger partial charge in [-0.1, -0.05) is 30.3 Å². The maximum Gasteiger partial charge on any atom is 0.147 e. The molecule has 0 aliphatic carbocycles. The van der Waals surface area contributed by atoms with Crippen LogP contribution >= 0.6 is 11.8 Å². The third-order valence-corrected chi connectivity index (χ3v) is 3.12. The molecule has 0 saturated carbocycles. The lowest BCUT2D eigenvalue weighted by Crippen LogP contribution is -1.91. The maximum absolute atomic E-state index is 14.0. The zero-order valence-corrected chi connectivity index (χ0v) is 9.52. The van der Waals surface area contributed by atoms with E-state index in [9.17, 15) is 8.78 Å². The van der Waals surface area contributed by atoms with E-state index in [2.05, 4.69) is 0 Å². The summed E-state index contributed by atoms with van der Waals surface area (Å²) in [5.41, 5.74) is 1.20. The quantitative estimate of drug-likeness (QED) is 0.698. The van der Waals surface area contributed by atoms with E-state index in [4.69, 9.17) is 0 Å². The lowest BCUT2D eigenvalue weighted by Gasteiger charge is -2.07. The number of thioether (sulfide) groups is 1. The normalized spacial score (nSPS) is 10.4. The highest BCUT2D eigenvalue weighted by atomic mass is 32.2. The molecule has 0 saturated heterocycles. The van der Waals surface area contributed by atoms with E-state index in [0.29, 0.717) is 5.56 Å². The first kappa shape index (κ1) is 11.1. The molecule has 0 atom stereocenters. The lowest BCUT2D eigenvalue weighted by molar-refractivity contribution is 0.543. The van der Waals surface area contributed by atoms with Crippen LogP contribution in [0.1, 0.15) is 0 Å². The first-order valence-electron chi connectivity index (χ1n) is 4.81. The topological polar surface area (TPSA) is 0 Å². The second-order valence-corrected chi connectivity index (χ2v) is 4.12. The van der Waals surface area contributed by atoms with Crippen LogP contribution in [0.3, 0.4) is 0 Å². The van der Waals surface area contributed by atoms with Crippen molar-refractivity contribution < 1.29 is 8.78 Å². The lowest BCUT2D eigenvalue weighted by atomic mass is 10.1. The predicted molar refractivity (Wildman–Crippen MR) is 63.6 cm³/mol. The highest BCUT2D eigenvalue weighted by molar-refractivity contribution is 7.98. The Morgan fingerprint density at radius 2 is 1.62 bits per heavy atom. The van der Waals surface area contributed by atoms with Crippen LogP contribution in [0.5, 0.6) is 0 Å². The SMILES string of the molecule is CSc1c(F)ccc(-c2ccccc2)c1F. The van der Waals surface area contributed by atoms with Crippen molar-refractivity contribution in [2.45, 2.75) is 4.90 Å². The van der Waals surface area contributed by atoms with Crippen molar-refractivity contribution in [3.05, 3.63) is 54.1 Å². The summed E-state index contributed by atoms with van der Waals surface area (Å²) in [6.07, 6.45) is 1.66. The fourth-order valence-electron chi connectivity index (χ4n) is 1.56. The molecular weight excluding hydrogens is 226 g/mol. The molecule has 82 valence electrons. The molecule has 3 heteroatoms. The van der Waals surface area contributed by atoms with Gasteiger partial charge in [0.25, 0.3) is 0 Å². The van der Waals surface area contributed by atoms with Crippen LogP contribution in [0.4, 0.5) is 8.78 Å². The predicted octanol–water partition coefficient (Wildman–Crippen LogP) is 4.35. The fourth-order valence-corrected chi connectivity index (χ4v) is 2.11. The van der Waals surface area contributed by atoms with E-state index < -0.39 is 11.6 Å². The highest BCUT2D eigenvalue weighted by Crippen LogP contribution is 2.31. The highest BCUT2D eigenvalue weighted by Gasteiger charge is 2.13. The Balaban J connectivity index is 2.59. The van der Waals surface area contributed by atoms with Gasteiger partial charge in [-0.3, -0.25) is 0 Å². The van der Waals surface area contributed by atoms with Gasteiger partial charge in [0.1, 0.15) is 11.6 Å². The van der Waals surface area contributed by atoms with Gasteiger partial charge in [-0.2, -0.15) is 0 Å². The summed E-state index contributed by atoms with van der Waals surface area (Å²) in [7, 11) is 0. The summed E-state index contributed by atoms with van der Waals surface area (Å²) in [6.45, 7) is 0. The molecule has 2 aromatic rings. The van der Waals surface area contributed by atoms with Crippen molar-refractivity contribution in [2.24, 2.45) is 0 Å². The summed E-state index contributed by atoms with van der Waals surface area (Å²) in [6, 6.07) is 11.9. The van der Waals surface area contributed by atoms with Gasteiger partial charge in [-0.15, -0.1) is 11.8 Å². The minimum absolute atomic E-state index is 0.0707. The summed E-state index contributed by atoms with van der Waals surface area (Å²) in [4.78, 5) is 0.0707. The van der Waals surface area contributed by atoms with Gasteiger partial charge in [0.2, 0.25) is 0 Å². The smallest absolute Gasteiger partial charge is 0.147 e. The van der Waals surface area contributed by atoms with Gasteiger partial charge < -0.3 is 0 Å². The van der Waals surface area contributed by atoms with E-state index in [1.54, 1.807) is 18.4 Å². The number of halogens is 2. The molecule has 0 amide bonds. The van der Waals surface area contributed by atoms with E-state index in [1.807, 2.05) is 18.2 Å². The number of hydrogen-bond donors (Lipinski definition) is 0. The Kier molecular flexibility index (Phi) is 3.25. The zero-order valence-electron chi connectivity index (χ0n) is 8.71. The Morgan fingerprint density at radius 1 is 0.938 bits per heavy atom. The van der Waals surface area contributed by atoms with Gasteiger partial charge in [-0.25, -0.2) is 8.78 Å². The largest absolute Gasteiger partial charge is 0.206 e. The van der Waals surface area contributed by atoms with E-state index in [0.717, 1.165) is 17.3 Å². The van der Waals surface area contributed by atoms with E-state index in [-0.39, 0.29) is 4.90 Å². The molecule has 2 rings (SSSR count). The summed E-state index contributed by atoms with van der Waals surface area (Å²) in [5.74, 6) is -0.997. The van der Waals surface area contributed by atoms with Crippen molar-refractivity contribution in [2.75, 3.05) is 6.26 Å². The van der Waals surface area contributed by atoms with Crippen molar-refractivity contribution in [3.63, 3.8) is 0 Å². The third kappa shape index (κ3) is 1.95. The van der Waals surface area contributed by atoms with Crippen molar-refractivity contribution in [1.29, 1.82) is 0 Å². The first-order valence-corrected chi connectivity index (χ1v) is 6.04. The van der Waals surface area contributed by atoms with Crippen molar-refractivity contribution >= 4 is 11.8 Å². The van der Waals surface area contributed by atoms with Crippen LogP contribution in [0, 0.1) is 11.6 Å². The standard InChI is InChI=1S/C13H10F2S/c1-16-13-11(14)8-7-10(12(13)15)9-5-3-2-4-6-9/h2-8H,1H3. The van der Waals surface area contributed by atoms with Crippen LogP contribution in [-0.4, -0.2) is 6.26 Å². The Bertz CT molecular complexity index is 495. The number of hydrogen-bond acceptors (Lipinski definition) is 1. The summed E-state index contributed by atoms with van der Waals surface area (Å²) >= 11 is 1.08. The van der Waals surface area contributed by atoms with Crippen molar-refractivity contribution in [3.8, 4) is 11.1 Å². The van der Waals surface area contributed by atoms with Gasteiger partial charge in [0, 0.05) is 5.56 Å². The monoisotopic (exact) mass is 236 g/mol. The number of rotatable bonds is 2. The van der Waals surface area contributed by atoms with Crippen molar-refractivity contribution in [1.82, 2.24) is 0 Å². The minimum atomic E-state index is -0.510. The molecule has 0 aliphatic heterocycles. The molecule has 0 nitrogen and oxygen atoms in total. The molecule has 0 unspecified atom stereocenters. The molecule has 0 bridgehead atoms. The summed E-state index contributed by atoms with van der Waals surface area (Å²) in [5, 5.41) is 0. The van der Waals surface area contributed by atoms with Gasteiger partial charge in [-0.05, 0) is 24.0 Å². The molecular formula is C13H10F2S. The average Bonchev–Trinajstić information content (AvgIpc) is 2.31. The van der Waals surface area contributed by atoms with Crippen LogP contribution in [0.15, 0.2) is 47.4 Å². The maximum atomic E-state index is 14.0. The van der Waals surface area contributed by atoms with E-state index in [1.165, 1.54) is 12.1 Å². The van der Waals surface area contributed by atoms with Gasteiger partial charge >= 0.3 is 0 Å².